The third kappa shape index (κ3) is 5.36. The molecule has 7 aromatic rings. The van der Waals surface area contributed by atoms with Crippen LogP contribution in [0, 0.1) is 25.9 Å². The van der Waals surface area contributed by atoms with E-state index in [0.717, 1.165) is 46.1 Å². The van der Waals surface area contributed by atoms with Crippen LogP contribution in [-0.2, 0) is 32.9 Å². The van der Waals surface area contributed by atoms with E-state index in [1.807, 2.05) is 73.1 Å². The fourth-order valence-electron chi connectivity index (χ4n) is 5.28. The van der Waals surface area contributed by atoms with Crippen LogP contribution in [0.4, 0.5) is 0 Å². The smallest absolute Gasteiger partial charge is 0.216 e. The average molecular weight is 733 g/mol. The van der Waals surface area contributed by atoms with Crippen LogP contribution in [0.25, 0.3) is 54.7 Å². The van der Waals surface area contributed by atoms with Crippen molar-refractivity contribution in [1.29, 1.82) is 0 Å². The number of furan rings is 1. The van der Waals surface area contributed by atoms with Gasteiger partial charge in [0.15, 0.2) is 0 Å². The van der Waals surface area contributed by atoms with E-state index in [9.17, 15) is 0 Å². The van der Waals surface area contributed by atoms with Crippen molar-refractivity contribution >= 4 is 43.5 Å². The van der Waals surface area contributed by atoms with Crippen molar-refractivity contribution in [3.63, 3.8) is 0 Å². The van der Waals surface area contributed by atoms with Gasteiger partial charge in [-0.1, -0.05) is 29.1 Å². The fourth-order valence-corrected chi connectivity index (χ4v) is 6.59. The number of nitrogens with zero attached hydrogens (tertiary/aromatic N) is 3. The molecule has 1 radical (unpaired) electrons. The zero-order chi connectivity index (χ0) is 29.6. The molecule has 1 aliphatic carbocycles. The van der Waals surface area contributed by atoms with Gasteiger partial charge < -0.3 is 14.4 Å². The molecule has 5 heterocycles. The van der Waals surface area contributed by atoms with Gasteiger partial charge >= 0.3 is 0 Å². The number of benzene rings is 2. The third-order valence-electron chi connectivity index (χ3n) is 7.29. The summed E-state index contributed by atoms with van der Waals surface area (Å²) < 4.78 is 30.1. The largest absolute Gasteiger partial charge is 0.486 e. The summed E-state index contributed by atoms with van der Waals surface area (Å²) in [5.41, 5.74) is 7.24. The summed E-state index contributed by atoms with van der Waals surface area (Å²) in [6.45, 7) is -0.238. The first-order valence-corrected chi connectivity index (χ1v) is 14.2. The topological polar surface area (TPSA) is 51.8 Å². The summed E-state index contributed by atoms with van der Waals surface area (Å²) in [7, 11) is 0. The second-order valence-corrected chi connectivity index (χ2v) is 11.2. The summed E-state index contributed by atoms with van der Waals surface area (Å²) in [6, 6.07) is 27.6. The average Bonchev–Trinajstić information content (AvgIpc) is 3.59. The number of aromatic nitrogens is 3. The van der Waals surface area contributed by atoms with Gasteiger partial charge in [-0.05, 0) is 74.1 Å². The maximum atomic E-state index is 7.61. The van der Waals surface area contributed by atoms with Crippen LogP contribution in [0.5, 0.6) is 0 Å². The quantitative estimate of drug-likeness (QED) is 0.167. The van der Waals surface area contributed by atoms with E-state index in [1.165, 1.54) is 38.9 Å². The Hall–Kier alpha value is -3.70. The molecule has 0 spiro atoms. The summed E-state index contributed by atoms with van der Waals surface area (Å²) in [4.78, 5) is 14.8. The van der Waals surface area contributed by atoms with Crippen molar-refractivity contribution in [1.82, 2.24) is 15.0 Å². The molecule has 4 nitrogen and oxygen atoms in total. The van der Waals surface area contributed by atoms with E-state index < -0.39 is 6.85 Å². The Bertz CT molecular complexity index is 2090. The molecule has 0 unspecified atom stereocenters. The summed E-state index contributed by atoms with van der Waals surface area (Å²) in [5.74, 6) is 0. The predicted molar refractivity (Wildman–Crippen MR) is 164 cm³/mol. The van der Waals surface area contributed by atoms with Crippen molar-refractivity contribution in [3.05, 3.63) is 113 Å². The number of aryl methyl sites for hydroxylation is 4. The zero-order valence-corrected chi connectivity index (χ0v) is 25.5. The van der Waals surface area contributed by atoms with E-state index in [1.54, 1.807) is 12.1 Å². The van der Waals surface area contributed by atoms with Gasteiger partial charge in [-0.2, -0.15) is 0 Å². The summed E-state index contributed by atoms with van der Waals surface area (Å²) in [5, 5.41) is 2.94. The van der Waals surface area contributed by atoms with Gasteiger partial charge in [0.25, 0.3) is 0 Å². The molecule has 41 heavy (non-hydrogen) atoms. The number of hydrogen-bond acceptors (Lipinski definition) is 5. The Morgan fingerprint density at radius 1 is 0.878 bits per heavy atom. The molecule has 0 aliphatic heterocycles. The van der Waals surface area contributed by atoms with Gasteiger partial charge in [-0.15, -0.1) is 65.4 Å². The molecule has 0 fully saturated rings. The van der Waals surface area contributed by atoms with Gasteiger partial charge in [0.1, 0.15) is 0 Å². The van der Waals surface area contributed by atoms with E-state index in [-0.39, 0.29) is 25.8 Å². The van der Waals surface area contributed by atoms with Gasteiger partial charge in [0.2, 0.25) is 5.71 Å². The minimum atomic E-state index is -2.27. The first kappa shape index (κ1) is 24.0. The number of fused-ring (bicyclic) bond motifs is 6. The first-order valence-electron chi connectivity index (χ1n) is 14.9. The Balaban J connectivity index is 0.000000207. The second-order valence-electron chi connectivity index (χ2n) is 10.0. The van der Waals surface area contributed by atoms with Crippen LogP contribution < -0.4 is 0 Å². The molecule has 205 valence electrons. The van der Waals surface area contributed by atoms with Gasteiger partial charge in [-0.25, -0.2) is 4.98 Å². The van der Waals surface area contributed by atoms with Crippen molar-refractivity contribution < 1.29 is 28.6 Å². The Labute approximate surface area is 261 Å². The molecule has 6 heteroatoms. The minimum absolute atomic E-state index is 0. The summed E-state index contributed by atoms with van der Waals surface area (Å²) in [6.07, 6.45) is 8.66. The molecule has 2 aromatic carbocycles. The molecule has 8 rings (SSSR count). The summed E-state index contributed by atoms with van der Waals surface area (Å²) >= 11 is 1.86. The number of thiophene rings is 1. The monoisotopic (exact) mass is 733 g/mol. The molecule has 0 bridgehead atoms. The molecule has 0 saturated heterocycles. The van der Waals surface area contributed by atoms with E-state index in [2.05, 4.69) is 34.2 Å². The standard InChI is InChI=1S/C23H17N2OS.C12H10N.Ir/c1-13-9-10-16-15-6-4-7-17(22(15)26-23(16)25-13)19-11-21-18(12-24-19)14-5-2-3-8-20(14)27-21;1-10-7-8-12(13-9-10)11-5-3-2-4-6-11;/h4,6,9-12H,2-3,5,8H2,1H3;2-5,7-9H,1H3;/q2*-1;/i1D3;;. The number of hydrogen-bond donors (Lipinski definition) is 0. The van der Waals surface area contributed by atoms with Crippen LogP contribution in [0.2, 0.25) is 0 Å². The molecule has 1 aliphatic rings. The minimum Gasteiger partial charge on any atom is -0.486 e. The van der Waals surface area contributed by atoms with E-state index >= 15 is 0 Å². The maximum absolute atomic E-state index is 7.61. The molecule has 0 atom stereocenters. The van der Waals surface area contributed by atoms with Crippen LogP contribution in [0.15, 0.2) is 83.5 Å². The molecule has 0 saturated carbocycles. The SMILES string of the molecule is Cc1ccc(-c2[c-]cccc2)nc1.[2H]C([2H])([2H])c1ccc2c(n1)oc1c(-c3cc4sc5c(c4cn3)CCCC5)[c-]ccc12.[Ir]. The van der Waals surface area contributed by atoms with Gasteiger partial charge in [0, 0.05) is 62.7 Å². The third-order valence-corrected chi connectivity index (χ3v) is 8.55. The number of pyridine rings is 3. The van der Waals surface area contributed by atoms with Gasteiger partial charge in [-0.3, -0.25) is 0 Å². The molecule has 0 N–H and O–H groups in total. The van der Waals surface area contributed by atoms with Crippen LogP contribution in [-0.4, -0.2) is 15.0 Å². The van der Waals surface area contributed by atoms with Crippen molar-refractivity contribution in [2.45, 2.75) is 39.5 Å². The van der Waals surface area contributed by atoms with Crippen LogP contribution >= 0.6 is 11.3 Å². The Morgan fingerprint density at radius 2 is 1.78 bits per heavy atom. The van der Waals surface area contributed by atoms with Crippen LogP contribution in [0.1, 0.15) is 38.7 Å². The zero-order valence-electron chi connectivity index (χ0n) is 25.3. The Kier molecular flexibility index (Phi) is 6.81. The van der Waals surface area contributed by atoms with Crippen LogP contribution in [0.3, 0.4) is 0 Å². The molecule has 0 amide bonds. The van der Waals surface area contributed by atoms with Crippen molar-refractivity contribution in [2.75, 3.05) is 0 Å². The van der Waals surface area contributed by atoms with E-state index in [0.29, 0.717) is 11.3 Å². The second kappa shape index (κ2) is 11.7. The van der Waals surface area contributed by atoms with E-state index in [4.69, 9.17) is 13.5 Å². The normalized spacial score (nSPS) is 13.9. The molecule has 5 aromatic heterocycles. The maximum Gasteiger partial charge on any atom is 0.216 e. The first-order chi connectivity index (χ1) is 20.8. The van der Waals surface area contributed by atoms with Crippen molar-refractivity contribution in [3.8, 4) is 22.5 Å². The molecular formula is C35H27IrN3OS-2. The fraction of sp³-hybridized carbons (Fsp3) is 0.171. The molecular weight excluding hydrogens is 703 g/mol. The predicted octanol–water partition coefficient (Wildman–Crippen LogP) is 9.10. The number of rotatable bonds is 2. The van der Waals surface area contributed by atoms with Gasteiger partial charge in [0.05, 0.1) is 5.58 Å². The Morgan fingerprint density at radius 3 is 2.61 bits per heavy atom. The van der Waals surface area contributed by atoms with Crippen molar-refractivity contribution in [2.24, 2.45) is 0 Å².